The second-order valence-corrected chi connectivity index (χ2v) is 4.27. The molecule has 2 aromatic rings. The van der Waals surface area contributed by atoms with Crippen LogP contribution in [-0.4, -0.2) is 10.0 Å². The van der Waals surface area contributed by atoms with Gasteiger partial charge < -0.3 is 9.84 Å². The molecule has 0 aliphatic heterocycles. The van der Waals surface area contributed by atoms with Gasteiger partial charge in [-0.05, 0) is 24.3 Å². The van der Waals surface area contributed by atoms with Crippen molar-refractivity contribution >= 4 is 17.3 Å². The van der Waals surface area contributed by atoms with Crippen LogP contribution < -0.4 is 4.74 Å². The molecule has 0 saturated heterocycles. The number of nitro groups is 1. The minimum atomic E-state index is -0.724. The summed E-state index contributed by atoms with van der Waals surface area (Å²) in [4.78, 5) is 10.1. The number of halogens is 2. The molecule has 0 amide bonds. The van der Waals surface area contributed by atoms with Gasteiger partial charge in [-0.25, -0.2) is 4.39 Å². The summed E-state index contributed by atoms with van der Waals surface area (Å²) < 4.78 is 18.9. The molecule has 0 saturated carbocycles. The van der Waals surface area contributed by atoms with Gasteiger partial charge in [0, 0.05) is 6.07 Å². The molecule has 0 aliphatic carbocycles. The Morgan fingerprint density at radius 1 is 1.35 bits per heavy atom. The van der Waals surface area contributed by atoms with Crippen LogP contribution in [0.15, 0.2) is 36.4 Å². The van der Waals surface area contributed by atoms with Crippen LogP contribution in [0.5, 0.6) is 11.5 Å². The maximum atomic E-state index is 13.7. The highest BCUT2D eigenvalue weighted by molar-refractivity contribution is 6.30. The van der Waals surface area contributed by atoms with E-state index in [-0.39, 0.29) is 27.8 Å². The van der Waals surface area contributed by atoms with Gasteiger partial charge in [-0.3, -0.25) is 10.1 Å². The number of aliphatic hydroxyl groups is 1. The summed E-state index contributed by atoms with van der Waals surface area (Å²) in [6.07, 6.45) is 0. The lowest BCUT2D eigenvalue weighted by atomic mass is 10.2. The Labute approximate surface area is 118 Å². The lowest BCUT2D eigenvalue weighted by molar-refractivity contribution is -0.385. The Bertz CT molecular complexity index is 663. The number of rotatable bonds is 4. The monoisotopic (exact) mass is 297 g/mol. The van der Waals surface area contributed by atoms with Crippen molar-refractivity contribution < 1.29 is 19.2 Å². The van der Waals surface area contributed by atoms with Crippen LogP contribution in [0.1, 0.15) is 5.56 Å². The highest BCUT2D eigenvalue weighted by atomic mass is 35.5. The molecule has 0 aliphatic rings. The smallest absolute Gasteiger partial charge is 0.275 e. The first-order valence-corrected chi connectivity index (χ1v) is 5.90. The predicted octanol–water partition coefficient (Wildman–Crippen LogP) is 3.67. The third-order valence-corrected chi connectivity index (χ3v) is 2.85. The largest absolute Gasteiger partial charge is 0.454 e. The molecule has 2 aromatic carbocycles. The van der Waals surface area contributed by atoms with E-state index in [1.165, 1.54) is 36.4 Å². The van der Waals surface area contributed by atoms with Gasteiger partial charge in [-0.1, -0.05) is 17.7 Å². The molecule has 0 radical (unpaired) electrons. The highest BCUT2D eigenvalue weighted by Crippen LogP contribution is 2.31. The van der Waals surface area contributed by atoms with Crippen molar-refractivity contribution in [1.82, 2.24) is 0 Å². The minimum absolute atomic E-state index is 0.0786. The van der Waals surface area contributed by atoms with E-state index < -0.39 is 17.3 Å². The molecule has 0 heterocycles. The summed E-state index contributed by atoms with van der Waals surface area (Å²) in [5.41, 5.74) is -0.152. The summed E-state index contributed by atoms with van der Waals surface area (Å²) in [6.45, 7) is -0.522. The van der Waals surface area contributed by atoms with Crippen molar-refractivity contribution in [2.24, 2.45) is 0 Å². The SMILES string of the molecule is O=[N+]([O-])c1ccc(Oc2cccc(Cl)c2F)cc1CO. The lowest BCUT2D eigenvalue weighted by Crippen LogP contribution is -1.96. The van der Waals surface area contributed by atoms with Crippen LogP contribution in [0.2, 0.25) is 5.02 Å². The predicted molar refractivity (Wildman–Crippen MR) is 70.5 cm³/mol. The fourth-order valence-electron chi connectivity index (χ4n) is 1.62. The zero-order valence-electron chi connectivity index (χ0n) is 10.0. The van der Waals surface area contributed by atoms with Gasteiger partial charge in [-0.2, -0.15) is 0 Å². The van der Waals surface area contributed by atoms with Crippen LogP contribution in [0.3, 0.4) is 0 Å². The number of nitro benzene ring substituents is 1. The highest BCUT2D eigenvalue weighted by Gasteiger charge is 2.15. The number of aliphatic hydroxyl groups excluding tert-OH is 1. The van der Waals surface area contributed by atoms with Crippen molar-refractivity contribution in [1.29, 1.82) is 0 Å². The van der Waals surface area contributed by atoms with Gasteiger partial charge in [0.05, 0.1) is 22.1 Å². The van der Waals surface area contributed by atoms with Crippen LogP contribution in [-0.2, 0) is 6.61 Å². The molecule has 7 heteroatoms. The standard InChI is InChI=1S/C13H9ClFNO4/c14-10-2-1-3-12(13(10)15)20-9-4-5-11(16(18)19)8(6-9)7-17/h1-6,17H,7H2. The van der Waals surface area contributed by atoms with E-state index in [0.717, 1.165) is 0 Å². The number of benzene rings is 2. The molecular weight excluding hydrogens is 289 g/mol. The summed E-state index contributed by atoms with van der Waals surface area (Å²) in [5.74, 6) is -0.658. The maximum Gasteiger partial charge on any atom is 0.275 e. The van der Waals surface area contributed by atoms with E-state index in [0.29, 0.717) is 0 Å². The van der Waals surface area contributed by atoms with Crippen LogP contribution in [0, 0.1) is 15.9 Å². The second kappa shape index (κ2) is 5.85. The van der Waals surface area contributed by atoms with Gasteiger partial charge >= 0.3 is 0 Å². The Morgan fingerprint density at radius 2 is 2.10 bits per heavy atom. The molecule has 20 heavy (non-hydrogen) atoms. The second-order valence-electron chi connectivity index (χ2n) is 3.86. The summed E-state index contributed by atoms with van der Waals surface area (Å²) in [5, 5.41) is 19.7. The average molecular weight is 298 g/mol. The number of ether oxygens (including phenoxy) is 1. The number of hydrogen-bond acceptors (Lipinski definition) is 4. The van der Waals surface area contributed by atoms with E-state index >= 15 is 0 Å². The zero-order chi connectivity index (χ0) is 14.7. The van der Waals surface area contributed by atoms with Crippen LogP contribution in [0.25, 0.3) is 0 Å². The third kappa shape index (κ3) is 2.87. The van der Waals surface area contributed by atoms with Crippen LogP contribution in [0.4, 0.5) is 10.1 Å². The summed E-state index contributed by atoms with van der Waals surface area (Å²) in [6, 6.07) is 8.04. The fourth-order valence-corrected chi connectivity index (χ4v) is 1.79. The Morgan fingerprint density at radius 3 is 2.75 bits per heavy atom. The Hall–Kier alpha value is -2.18. The average Bonchev–Trinajstić information content (AvgIpc) is 2.43. The minimum Gasteiger partial charge on any atom is -0.454 e. The topological polar surface area (TPSA) is 72.6 Å². The van der Waals surface area contributed by atoms with Crippen molar-refractivity contribution in [3.63, 3.8) is 0 Å². The van der Waals surface area contributed by atoms with Gasteiger partial charge in [-0.15, -0.1) is 0 Å². The third-order valence-electron chi connectivity index (χ3n) is 2.56. The van der Waals surface area contributed by atoms with E-state index in [9.17, 15) is 14.5 Å². The van der Waals surface area contributed by atoms with Crippen molar-refractivity contribution in [3.05, 3.63) is 62.9 Å². The van der Waals surface area contributed by atoms with E-state index in [4.69, 9.17) is 21.4 Å². The molecule has 0 unspecified atom stereocenters. The van der Waals surface area contributed by atoms with Crippen molar-refractivity contribution in [3.8, 4) is 11.5 Å². The Kier molecular flexibility index (Phi) is 4.16. The number of nitrogens with zero attached hydrogens (tertiary/aromatic N) is 1. The molecule has 0 atom stereocenters. The molecule has 2 rings (SSSR count). The molecule has 0 fully saturated rings. The Balaban J connectivity index is 2.35. The fraction of sp³-hybridized carbons (Fsp3) is 0.0769. The number of hydrogen-bond donors (Lipinski definition) is 1. The quantitative estimate of drug-likeness (QED) is 0.690. The first-order chi connectivity index (χ1) is 9.52. The van der Waals surface area contributed by atoms with Crippen LogP contribution >= 0.6 is 11.6 Å². The summed E-state index contributed by atoms with van der Waals surface area (Å²) >= 11 is 5.62. The van der Waals surface area contributed by atoms with Gasteiger partial charge in [0.25, 0.3) is 5.69 Å². The van der Waals surface area contributed by atoms with Gasteiger partial charge in [0.1, 0.15) is 5.75 Å². The first kappa shape index (κ1) is 14.2. The van der Waals surface area contributed by atoms with Gasteiger partial charge in [0.15, 0.2) is 11.6 Å². The van der Waals surface area contributed by atoms with E-state index in [1.807, 2.05) is 0 Å². The first-order valence-electron chi connectivity index (χ1n) is 5.53. The molecule has 0 bridgehead atoms. The van der Waals surface area contributed by atoms with E-state index in [1.54, 1.807) is 0 Å². The van der Waals surface area contributed by atoms with Gasteiger partial charge in [0.2, 0.25) is 0 Å². The lowest BCUT2D eigenvalue weighted by Gasteiger charge is -2.08. The zero-order valence-corrected chi connectivity index (χ0v) is 10.8. The van der Waals surface area contributed by atoms with Crippen molar-refractivity contribution in [2.45, 2.75) is 6.61 Å². The normalized spacial score (nSPS) is 10.3. The molecular formula is C13H9ClFNO4. The summed E-state index contributed by atoms with van der Waals surface area (Å²) in [7, 11) is 0. The maximum absolute atomic E-state index is 13.7. The molecule has 0 spiro atoms. The van der Waals surface area contributed by atoms with E-state index in [2.05, 4.69) is 0 Å². The molecule has 104 valence electrons. The van der Waals surface area contributed by atoms with Crippen molar-refractivity contribution in [2.75, 3.05) is 0 Å². The molecule has 1 N–H and O–H groups in total. The molecule has 5 nitrogen and oxygen atoms in total. The molecule has 0 aromatic heterocycles.